The van der Waals surface area contributed by atoms with Crippen LogP contribution in [0.3, 0.4) is 0 Å². The summed E-state index contributed by atoms with van der Waals surface area (Å²) in [5, 5.41) is 1.14. The summed E-state index contributed by atoms with van der Waals surface area (Å²) in [5.74, 6) is 0.811. The number of amides is 1. The highest BCUT2D eigenvalue weighted by atomic mass is 32.1. The van der Waals surface area contributed by atoms with Crippen LogP contribution in [0.4, 0.5) is 0 Å². The molecule has 158 valence electrons. The molecule has 1 amide bonds. The van der Waals surface area contributed by atoms with Gasteiger partial charge >= 0.3 is 0 Å². The normalized spacial score (nSPS) is 11.0. The van der Waals surface area contributed by atoms with Gasteiger partial charge in [0.25, 0.3) is 11.5 Å². The molecule has 0 fully saturated rings. The first-order valence-corrected chi connectivity index (χ1v) is 10.8. The maximum atomic E-state index is 13.4. The summed E-state index contributed by atoms with van der Waals surface area (Å²) in [6.45, 7) is 0.154. The number of H-pyrrole nitrogens is 1. The van der Waals surface area contributed by atoms with Gasteiger partial charge in [0.15, 0.2) is 10.8 Å². The fourth-order valence-electron chi connectivity index (χ4n) is 3.44. The first-order valence-electron chi connectivity index (χ1n) is 9.93. The van der Waals surface area contributed by atoms with Gasteiger partial charge in [-0.05, 0) is 24.3 Å². The number of aromatic amines is 1. The molecule has 2 aromatic carbocycles. The zero-order valence-corrected chi connectivity index (χ0v) is 17.9. The number of fused-ring (bicyclic) bond motifs is 1. The molecule has 0 spiro atoms. The van der Waals surface area contributed by atoms with Crippen molar-refractivity contribution in [1.82, 2.24) is 19.9 Å². The summed E-state index contributed by atoms with van der Waals surface area (Å²) in [7, 11) is 1.68. The third-order valence-electron chi connectivity index (χ3n) is 5.00. The summed E-state index contributed by atoms with van der Waals surface area (Å²) in [6, 6.07) is 20.3. The maximum Gasteiger partial charge on any atom is 0.266 e. The van der Waals surface area contributed by atoms with E-state index in [4.69, 9.17) is 9.40 Å². The summed E-state index contributed by atoms with van der Waals surface area (Å²) in [5.41, 5.74) is 1.80. The second-order valence-electron chi connectivity index (χ2n) is 7.23. The number of nitrogens with one attached hydrogen (secondary N) is 1. The predicted octanol–water partition coefficient (Wildman–Crippen LogP) is 4.58. The van der Waals surface area contributed by atoms with Crippen molar-refractivity contribution in [1.29, 1.82) is 0 Å². The lowest BCUT2D eigenvalue weighted by Crippen LogP contribution is -2.28. The van der Waals surface area contributed by atoms with Crippen LogP contribution in [0.5, 0.6) is 0 Å². The number of benzene rings is 2. The Balaban J connectivity index is 1.50. The van der Waals surface area contributed by atoms with Crippen LogP contribution >= 0.6 is 11.3 Å². The van der Waals surface area contributed by atoms with Crippen molar-refractivity contribution in [3.8, 4) is 22.0 Å². The topological polar surface area (TPSA) is 92.1 Å². The zero-order valence-electron chi connectivity index (χ0n) is 17.1. The number of hydrogen-bond donors (Lipinski definition) is 1. The molecule has 1 N–H and O–H groups in total. The van der Waals surface area contributed by atoms with E-state index < -0.39 is 0 Å². The van der Waals surface area contributed by atoms with Gasteiger partial charge in [-0.3, -0.25) is 9.59 Å². The van der Waals surface area contributed by atoms with Gasteiger partial charge in [-0.1, -0.05) is 42.5 Å². The van der Waals surface area contributed by atoms with Crippen LogP contribution in [0, 0.1) is 0 Å². The summed E-state index contributed by atoms with van der Waals surface area (Å²) in [4.78, 5) is 39.8. The first kappa shape index (κ1) is 19.9. The van der Waals surface area contributed by atoms with Gasteiger partial charge in [-0.2, -0.15) is 0 Å². The number of aromatic nitrogens is 3. The summed E-state index contributed by atoms with van der Waals surface area (Å²) < 4.78 is 5.49. The molecule has 32 heavy (non-hydrogen) atoms. The number of furan rings is 1. The van der Waals surface area contributed by atoms with Crippen molar-refractivity contribution >= 4 is 28.1 Å². The van der Waals surface area contributed by atoms with E-state index in [1.165, 1.54) is 16.2 Å². The van der Waals surface area contributed by atoms with Gasteiger partial charge in [0, 0.05) is 12.6 Å². The number of nitrogens with zero attached hydrogens (tertiary/aromatic N) is 3. The third-order valence-corrected chi connectivity index (χ3v) is 6.05. The lowest BCUT2D eigenvalue weighted by Gasteiger charge is -2.16. The Bertz CT molecular complexity index is 1460. The minimum Gasteiger partial charge on any atom is -0.462 e. The van der Waals surface area contributed by atoms with Gasteiger partial charge in [-0.25, -0.2) is 9.97 Å². The number of rotatable bonds is 5. The van der Waals surface area contributed by atoms with Crippen molar-refractivity contribution in [3.05, 3.63) is 94.0 Å². The quantitative estimate of drug-likeness (QED) is 0.430. The van der Waals surface area contributed by atoms with E-state index in [9.17, 15) is 9.59 Å². The molecule has 0 aliphatic rings. The minimum atomic E-state index is -0.227. The Hall–Kier alpha value is -4.04. The molecule has 0 unspecified atom stereocenters. The second kappa shape index (κ2) is 8.24. The highest BCUT2D eigenvalue weighted by Gasteiger charge is 2.24. The summed E-state index contributed by atoms with van der Waals surface area (Å²) >= 11 is 1.28. The Morgan fingerprint density at radius 2 is 1.81 bits per heavy atom. The van der Waals surface area contributed by atoms with Gasteiger partial charge in [0.05, 0.1) is 29.4 Å². The molecule has 0 atom stereocenters. The van der Waals surface area contributed by atoms with E-state index in [-0.39, 0.29) is 18.0 Å². The maximum absolute atomic E-state index is 13.4. The zero-order chi connectivity index (χ0) is 22.1. The number of carbonyl (C=O) groups excluding carboxylic acids is 1. The Kier molecular flexibility index (Phi) is 5.12. The lowest BCUT2D eigenvalue weighted by atomic mass is 10.1. The SMILES string of the molecule is CN(Cc1nc2ccccc2c(=O)[nH]1)C(=O)c1sc(-c2ccco2)nc1-c1ccccc1. The van der Waals surface area contributed by atoms with Gasteiger partial charge in [0.1, 0.15) is 10.7 Å². The Morgan fingerprint density at radius 1 is 1.03 bits per heavy atom. The molecule has 7 nitrogen and oxygen atoms in total. The monoisotopic (exact) mass is 442 g/mol. The fraction of sp³-hybridized carbons (Fsp3) is 0.0833. The van der Waals surface area contributed by atoms with Crippen LogP contribution in [-0.4, -0.2) is 32.8 Å². The fourth-order valence-corrected chi connectivity index (χ4v) is 4.49. The van der Waals surface area contributed by atoms with E-state index in [0.717, 1.165) is 5.56 Å². The predicted molar refractivity (Wildman–Crippen MR) is 123 cm³/mol. The molecule has 5 rings (SSSR count). The molecule has 0 saturated heterocycles. The van der Waals surface area contributed by atoms with Gasteiger partial charge in [-0.15, -0.1) is 11.3 Å². The Labute approximate surface area is 187 Å². The molecule has 0 radical (unpaired) electrons. The molecule has 0 saturated carbocycles. The number of hydrogen-bond acceptors (Lipinski definition) is 6. The van der Waals surface area contributed by atoms with Crippen LogP contribution in [0.25, 0.3) is 32.9 Å². The van der Waals surface area contributed by atoms with E-state index in [1.807, 2.05) is 42.5 Å². The average molecular weight is 443 g/mol. The van der Waals surface area contributed by atoms with Gasteiger partial charge < -0.3 is 14.3 Å². The average Bonchev–Trinajstić information content (AvgIpc) is 3.49. The molecule has 0 aliphatic carbocycles. The first-order chi connectivity index (χ1) is 15.6. The number of carbonyl (C=O) groups is 1. The van der Waals surface area contributed by atoms with E-state index >= 15 is 0 Å². The molecule has 8 heteroatoms. The second-order valence-corrected chi connectivity index (χ2v) is 8.23. The van der Waals surface area contributed by atoms with Crippen molar-refractivity contribution in [3.63, 3.8) is 0 Å². The number of thiazole rings is 1. The highest BCUT2D eigenvalue weighted by molar-refractivity contribution is 7.17. The molecule has 5 aromatic rings. The molecule has 3 aromatic heterocycles. The van der Waals surface area contributed by atoms with Crippen LogP contribution in [0.2, 0.25) is 0 Å². The van der Waals surface area contributed by atoms with E-state index in [0.29, 0.717) is 38.1 Å². The molecule has 3 heterocycles. The van der Waals surface area contributed by atoms with Crippen LogP contribution in [0.1, 0.15) is 15.5 Å². The lowest BCUT2D eigenvalue weighted by molar-refractivity contribution is 0.0787. The molecule has 0 bridgehead atoms. The van der Waals surface area contributed by atoms with Gasteiger partial charge in [0.2, 0.25) is 0 Å². The Morgan fingerprint density at radius 3 is 2.59 bits per heavy atom. The molecule has 0 aliphatic heterocycles. The van der Waals surface area contributed by atoms with E-state index in [1.54, 1.807) is 37.6 Å². The largest absolute Gasteiger partial charge is 0.462 e. The molecular formula is C24H18N4O3S. The van der Waals surface area contributed by atoms with Crippen LogP contribution in [0.15, 0.2) is 82.2 Å². The highest BCUT2D eigenvalue weighted by Crippen LogP contribution is 2.34. The van der Waals surface area contributed by atoms with Crippen molar-refractivity contribution < 1.29 is 9.21 Å². The molecular weight excluding hydrogens is 424 g/mol. The van der Waals surface area contributed by atoms with E-state index in [2.05, 4.69) is 9.97 Å². The van der Waals surface area contributed by atoms with Crippen LogP contribution < -0.4 is 5.56 Å². The third kappa shape index (κ3) is 3.72. The van der Waals surface area contributed by atoms with Crippen LogP contribution in [-0.2, 0) is 6.54 Å². The van der Waals surface area contributed by atoms with Crippen molar-refractivity contribution in [2.45, 2.75) is 6.54 Å². The van der Waals surface area contributed by atoms with Crippen molar-refractivity contribution in [2.24, 2.45) is 0 Å². The minimum absolute atomic E-state index is 0.154. The van der Waals surface area contributed by atoms with Crippen molar-refractivity contribution in [2.75, 3.05) is 7.05 Å². The smallest absolute Gasteiger partial charge is 0.266 e. The summed E-state index contributed by atoms with van der Waals surface area (Å²) in [6.07, 6.45) is 1.58. The standard InChI is InChI=1S/C24H18N4O3S/c1-28(14-19-25-17-11-6-5-10-16(17)22(29)26-19)24(30)21-20(15-8-3-2-4-9-15)27-23(32-21)18-12-7-13-31-18/h2-13H,14H2,1H3,(H,25,26,29). The number of para-hydroxylation sites is 1.